The first kappa shape index (κ1) is 22.8. The number of rotatable bonds is 6. The van der Waals surface area contributed by atoms with Crippen molar-refractivity contribution in [2.45, 2.75) is 38.3 Å². The molecule has 0 radical (unpaired) electrons. The molecule has 8 heteroatoms. The van der Waals surface area contributed by atoms with Crippen LogP contribution in [-0.2, 0) is 19.1 Å². The van der Waals surface area contributed by atoms with Crippen molar-refractivity contribution in [1.29, 1.82) is 0 Å². The Balaban J connectivity index is 1.88. The first-order chi connectivity index (χ1) is 15.8. The minimum absolute atomic E-state index is 0.204. The molecule has 4 rings (SSSR count). The van der Waals surface area contributed by atoms with Gasteiger partial charge in [-0.3, -0.25) is 24.5 Å². The lowest BCUT2D eigenvalue weighted by Crippen LogP contribution is -2.56. The molecule has 2 saturated heterocycles. The summed E-state index contributed by atoms with van der Waals surface area (Å²) in [5, 5.41) is 3.14. The number of ketones is 1. The lowest BCUT2D eigenvalue weighted by Gasteiger charge is -2.32. The second-order valence-electron chi connectivity index (χ2n) is 8.48. The van der Waals surface area contributed by atoms with E-state index in [4.69, 9.17) is 4.74 Å². The third kappa shape index (κ3) is 3.45. The van der Waals surface area contributed by atoms with Gasteiger partial charge >= 0.3 is 5.97 Å². The number of nitrogens with zero attached hydrogens (tertiary/aromatic N) is 1. The average molecular weight is 452 g/mol. The number of fused-ring (bicyclic) bond motifs is 1. The molecule has 0 saturated carbocycles. The summed E-state index contributed by atoms with van der Waals surface area (Å²) in [6.07, 6.45) is 0.753. The lowest BCUT2D eigenvalue weighted by molar-refractivity contribution is -0.152. The highest BCUT2D eigenvalue weighted by molar-refractivity contribution is 6.24. The topological polar surface area (TPSA) is 92.8 Å². The van der Waals surface area contributed by atoms with Crippen molar-refractivity contribution < 1.29 is 28.3 Å². The molecule has 33 heavy (non-hydrogen) atoms. The molecule has 0 aromatic heterocycles. The Bertz CT molecular complexity index is 1150. The molecule has 7 nitrogen and oxygen atoms in total. The number of anilines is 1. The number of carbonyl (C=O) groups is 4. The number of amides is 2. The number of carbonyl (C=O) groups excluding carboxylic acids is 4. The molecule has 0 spiro atoms. The van der Waals surface area contributed by atoms with Crippen molar-refractivity contribution in [3.63, 3.8) is 0 Å². The van der Waals surface area contributed by atoms with E-state index < -0.39 is 47.0 Å². The first-order valence-corrected chi connectivity index (χ1v) is 10.9. The number of methoxy groups -OCH3 is 1. The van der Waals surface area contributed by atoms with E-state index in [0.717, 1.165) is 4.90 Å². The van der Waals surface area contributed by atoms with Crippen molar-refractivity contribution in [3.8, 4) is 0 Å². The van der Waals surface area contributed by atoms with Crippen LogP contribution in [0.15, 0.2) is 48.5 Å². The Morgan fingerprint density at radius 2 is 1.85 bits per heavy atom. The maximum absolute atomic E-state index is 14.8. The maximum Gasteiger partial charge on any atom is 0.326 e. The highest BCUT2D eigenvalue weighted by atomic mass is 19.1. The van der Waals surface area contributed by atoms with Gasteiger partial charge in [0.1, 0.15) is 11.4 Å². The predicted octanol–water partition coefficient (Wildman–Crippen LogP) is 3.19. The zero-order valence-corrected chi connectivity index (χ0v) is 18.6. The standard InChI is InChI=1S/C25H25FN2O5/c1-4-12-25(24(32)33-3)20-19(21(27-25)17-10-5-6-11-18(17)26)22(30)28(23(20)31)16-9-7-8-15(13-16)14(2)29/h5-11,13,19-21,27H,4,12H2,1-3H3/t19-,20+,21-,25+/m1/s1. The molecule has 2 fully saturated rings. The molecule has 2 aliphatic heterocycles. The summed E-state index contributed by atoms with van der Waals surface area (Å²) in [5.41, 5.74) is -0.688. The Hall–Kier alpha value is -3.39. The van der Waals surface area contributed by atoms with E-state index in [1.165, 1.54) is 32.2 Å². The summed E-state index contributed by atoms with van der Waals surface area (Å²) in [4.78, 5) is 53.4. The lowest BCUT2D eigenvalue weighted by atomic mass is 9.77. The van der Waals surface area contributed by atoms with Crippen molar-refractivity contribution in [2.75, 3.05) is 12.0 Å². The summed E-state index contributed by atoms with van der Waals surface area (Å²) in [7, 11) is 1.22. The van der Waals surface area contributed by atoms with Gasteiger partial charge in [0.05, 0.1) is 24.6 Å². The van der Waals surface area contributed by atoms with Crippen LogP contribution >= 0.6 is 0 Å². The molecule has 2 aliphatic rings. The summed E-state index contributed by atoms with van der Waals surface area (Å²) >= 11 is 0. The van der Waals surface area contributed by atoms with Crippen LogP contribution in [0.25, 0.3) is 0 Å². The van der Waals surface area contributed by atoms with Crippen LogP contribution in [0, 0.1) is 17.7 Å². The molecule has 0 bridgehead atoms. The fourth-order valence-electron chi connectivity index (χ4n) is 5.21. The Morgan fingerprint density at radius 3 is 2.48 bits per heavy atom. The average Bonchev–Trinajstić information content (AvgIpc) is 3.28. The number of hydrogen-bond acceptors (Lipinski definition) is 6. The summed E-state index contributed by atoms with van der Waals surface area (Å²) in [5.74, 6) is -4.63. The second kappa shape index (κ2) is 8.51. The molecule has 2 aromatic rings. The molecular weight excluding hydrogens is 427 g/mol. The summed E-state index contributed by atoms with van der Waals surface area (Å²) in [6.45, 7) is 3.25. The van der Waals surface area contributed by atoms with Crippen LogP contribution in [-0.4, -0.2) is 36.2 Å². The van der Waals surface area contributed by atoms with Gasteiger partial charge in [0.15, 0.2) is 5.78 Å². The SMILES string of the molecule is CCC[C@]1(C(=O)OC)N[C@H](c2ccccc2F)[C@@H]2C(=O)N(c3cccc(C(C)=O)c3)C(=O)[C@H]21. The molecule has 2 heterocycles. The minimum atomic E-state index is -1.49. The van der Waals surface area contributed by atoms with E-state index in [2.05, 4.69) is 5.32 Å². The van der Waals surface area contributed by atoms with Gasteiger partial charge in [-0.25, -0.2) is 9.29 Å². The van der Waals surface area contributed by atoms with Crippen molar-refractivity contribution in [2.24, 2.45) is 11.8 Å². The van der Waals surface area contributed by atoms with Crippen molar-refractivity contribution in [3.05, 3.63) is 65.5 Å². The molecular formula is C25H25FN2O5. The zero-order valence-electron chi connectivity index (χ0n) is 18.6. The normalized spacial score (nSPS) is 26.4. The molecule has 172 valence electrons. The van der Waals surface area contributed by atoms with Gasteiger partial charge in [0.25, 0.3) is 0 Å². The number of esters is 1. The van der Waals surface area contributed by atoms with E-state index in [-0.39, 0.29) is 23.5 Å². The van der Waals surface area contributed by atoms with Crippen LogP contribution in [0.4, 0.5) is 10.1 Å². The second-order valence-corrected chi connectivity index (χ2v) is 8.48. The highest BCUT2D eigenvalue weighted by Gasteiger charge is 2.68. The van der Waals surface area contributed by atoms with Crippen molar-refractivity contribution in [1.82, 2.24) is 5.32 Å². The summed E-state index contributed by atoms with van der Waals surface area (Å²) in [6, 6.07) is 11.3. The van der Waals surface area contributed by atoms with Crippen LogP contribution in [0.3, 0.4) is 0 Å². The quantitative estimate of drug-likeness (QED) is 0.411. The molecule has 2 aromatic carbocycles. The van der Waals surface area contributed by atoms with Gasteiger partial charge in [-0.05, 0) is 31.5 Å². The largest absolute Gasteiger partial charge is 0.468 e. The molecule has 0 aliphatic carbocycles. The number of benzene rings is 2. The molecule has 4 atom stereocenters. The summed E-state index contributed by atoms with van der Waals surface area (Å²) < 4.78 is 19.9. The fourth-order valence-corrected chi connectivity index (χ4v) is 5.21. The predicted molar refractivity (Wildman–Crippen MR) is 118 cm³/mol. The molecule has 0 unspecified atom stereocenters. The fraction of sp³-hybridized carbons (Fsp3) is 0.360. The number of hydrogen-bond donors (Lipinski definition) is 1. The Kier molecular flexibility index (Phi) is 5.88. The molecule has 1 N–H and O–H groups in total. The number of ether oxygens (including phenoxy) is 1. The van der Waals surface area contributed by atoms with E-state index in [0.29, 0.717) is 12.0 Å². The Morgan fingerprint density at radius 1 is 1.12 bits per heavy atom. The van der Waals surface area contributed by atoms with E-state index in [9.17, 15) is 23.6 Å². The van der Waals surface area contributed by atoms with Crippen LogP contribution in [0.2, 0.25) is 0 Å². The number of nitrogens with one attached hydrogen (secondary N) is 1. The highest BCUT2D eigenvalue weighted by Crippen LogP contribution is 2.52. The van der Waals surface area contributed by atoms with E-state index >= 15 is 0 Å². The number of halogens is 1. The molecule has 2 amide bonds. The maximum atomic E-state index is 14.8. The van der Waals surface area contributed by atoms with E-state index in [1.807, 2.05) is 6.92 Å². The van der Waals surface area contributed by atoms with Crippen LogP contribution < -0.4 is 10.2 Å². The number of imide groups is 1. The van der Waals surface area contributed by atoms with Crippen LogP contribution in [0.5, 0.6) is 0 Å². The monoisotopic (exact) mass is 452 g/mol. The van der Waals surface area contributed by atoms with Crippen LogP contribution in [0.1, 0.15) is 48.7 Å². The number of Topliss-reactive ketones (excluding diaryl/α,β-unsaturated/α-hetero) is 1. The van der Waals surface area contributed by atoms with E-state index in [1.54, 1.807) is 30.3 Å². The van der Waals surface area contributed by atoms with Gasteiger partial charge in [-0.2, -0.15) is 0 Å². The Labute approximate surface area is 190 Å². The minimum Gasteiger partial charge on any atom is -0.468 e. The zero-order chi connectivity index (χ0) is 23.9. The van der Waals surface area contributed by atoms with Gasteiger partial charge < -0.3 is 4.74 Å². The van der Waals surface area contributed by atoms with Gasteiger partial charge in [0.2, 0.25) is 11.8 Å². The first-order valence-electron chi connectivity index (χ1n) is 10.9. The van der Waals surface area contributed by atoms with Gasteiger partial charge in [-0.15, -0.1) is 0 Å². The third-order valence-corrected chi connectivity index (χ3v) is 6.60. The third-order valence-electron chi connectivity index (χ3n) is 6.60. The smallest absolute Gasteiger partial charge is 0.326 e. The van der Waals surface area contributed by atoms with Gasteiger partial charge in [0, 0.05) is 17.2 Å². The van der Waals surface area contributed by atoms with Gasteiger partial charge in [-0.1, -0.05) is 43.7 Å². The van der Waals surface area contributed by atoms with Crippen molar-refractivity contribution >= 4 is 29.3 Å².